The third-order valence-corrected chi connectivity index (χ3v) is 1.89. The van der Waals surface area contributed by atoms with Crippen molar-refractivity contribution < 1.29 is 4.79 Å². The maximum atomic E-state index is 10.6. The minimum atomic E-state index is -0.0504. The summed E-state index contributed by atoms with van der Waals surface area (Å²) in [5.74, 6) is 6.21. The first kappa shape index (κ1) is 12.2. The number of amides is 1. The van der Waals surface area contributed by atoms with Gasteiger partial charge in [0.1, 0.15) is 5.82 Å². The lowest BCUT2D eigenvalue weighted by Gasteiger charge is -2.09. The highest BCUT2D eigenvalue weighted by Crippen LogP contribution is 2.10. The Hall–Kier alpha value is -1.89. The second kappa shape index (κ2) is 5.86. The van der Waals surface area contributed by atoms with Gasteiger partial charge in [0, 0.05) is 31.8 Å². The van der Waals surface area contributed by atoms with Gasteiger partial charge in [-0.2, -0.15) is 4.98 Å². The van der Waals surface area contributed by atoms with E-state index in [4.69, 9.17) is 5.84 Å². The quantitative estimate of drug-likeness (QED) is 0.309. The Bertz CT molecular complexity index is 367. The predicted molar refractivity (Wildman–Crippen MR) is 61.8 cm³/mol. The number of aromatic nitrogens is 2. The van der Waals surface area contributed by atoms with Crippen molar-refractivity contribution in [2.24, 2.45) is 5.84 Å². The fourth-order valence-corrected chi connectivity index (χ4v) is 1.11. The van der Waals surface area contributed by atoms with Gasteiger partial charge in [-0.3, -0.25) is 10.2 Å². The summed E-state index contributed by atoms with van der Waals surface area (Å²) in [6.45, 7) is 4.51. The summed E-state index contributed by atoms with van der Waals surface area (Å²) in [7, 11) is 0. The number of nitrogens with one attached hydrogen (secondary N) is 3. The molecule has 0 atom stereocenters. The lowest BCUT2D eigenvalue weighted by Crippen LogP contribution is -2.26. The highest BCUT2D eigenvalue weighted by atomic mass is 16.1. The molecule has 1 aromatic rings. The smallest absolute Gasteiger partial charge is 0.239 e. The molecule has 7 heteroatoms. The zero-order chi connectivity index (χ0) is 12.0. The standard InChI is InChI=1S/C9H16N6O/c1-6-5-13-9(15-10)14-8(6)12-4-3-11-7(2)16/h5H,3-4,10H2,1-2H3,(H,11,16)(H2,12,13,14,15). The zero-order valence-electron chi connectivity index (χ0n) is 9.37. The Kier molecular flexibility index (Phi) is 4.46. The summed E-state index contributed by atoms with van der Waals surface area (Å²) in [6, 6.07) is 0. The van der Waals surface area contributed by atoms with Gasteiger partial charge in [0.25, 0.3) is 0 Å². The van der Waals surface area contributed by atoms with Gasteiger partial charge in [-0.15, -0.1) is 0 Å². The number of carbonyl (C=O) groups excluding carboxylic acids is 1. The van der Waals surface area contributed by atoms with Crippen LogP contribution in [0.25, 0.3) is 0 Å². The third kappa shape index (κ3) is 3.70. The van der Waals surface area contributed by atoms with Crippen LogP contribution in [-0.4, -0.2) is 29.0 Å². The highest BCUT2D eigenvalue weighted by Gasteiger charge is 2.01. The van der Waals surface area contributed by atoms with Gasteiger partial charge in [0.2, 0.25) is 11.9 Å². The number of carbonyl (C=O) groups is 1. The number of hydrogen-bond acceptors (Lipinski definition) is 6. The van der Waals surface area contributed by atoms with Gasteiger partial charge in [0.15, 0.2) is 0 Å². The van der Waals surface area contributed by atoms with E-state index in [1.54, 1.807) is 6.20 Å². The molecule has 1 amide bonds. The van der Waals surface area contributed by atoms with E-state index >= 15 is 0 Å². The molecular formula is C9H16N6O. The molecule has 0 aliphatic rings. The summed E-state index contributed by atoms with van der Waals surface area (Å²) in [5.41, 5.74) is 3.29. The van der Waals surface area contributed by atoms with Gasteiger partial charge >= 0.3 is 0 Å². The number of nitrogen functional groups attached to an aromatic ring is 1. The van der Waals surface area contributed by atoms with Crippen molar-refractivity contribution in [1.29, 1.82) is 0 Å². The van der Waals surface area contributed by atoms with Crippen LogP contribution in [0.3, 0.4) is 0 Å². The van der Waals surface area contributed by atoms with Crippen molar-refractivity contribution in [3.63, 3.8) is 0 Å². The number of nitrogens with two attached hydrogens (primary N) is 1. The molecule has 1 heterocycles. The number of anilines is 2. The van der Waals surface area contributed by atoms with Crippen LogP contribution in [0.1, 0.15) is 12.5 Å². The van der Waals surface area contributed by atoms with Crippen LogP contribution < -0.4 is 21.9 Å². The SMILES string of the molecule is CC(=O)NCCNc1nc(NN)ncc1C. The second-order valence-corrected chi connectivity index (χ2v) is 3.28. The zero-order valence-corrected chi connectivity index (χ0v) is 9.37. The first-order valence-electron chi connectivity index (χ1n) is 4.92. The Morgan fingerprint density at radius 3 is 2.88 bits per heavy atom. The van der Waals surface area contributed by atoms with E-state index in [0.717, 1.165) is 5.56 Å². The number of hydrogen-bond donors (Lipinski definition) is 4. The van der Waals surface area contributed by atoms with Crippen LogP contribution in [0.2, 0.25) is 0 Å². The second-order valence-electron chi connectivity index (χ2n) is 3.28. The molecule has 0 radical (unpaired) electrons. The molecule has 0 aliphatic heterocycles. The first-order valence-corrected chi connectivity index (χ1v) is 4.92. The van der Waals surface area contributed by atoms with Crippen molar-refractivity contribution in [3.05, 3.63) is 11.8 Å². The molecule has 0 unspecified atom stereocenters. The molecule has 0 aromatic carbocycles. The Labute approximate surface area is 93.8 Å². The molecule has 0 fully saturated rings. The Balaban J connectivity index is 2.49. The van der Waals surface area contributed by atoms with Crippen LogP contribution in [0, 0.1) is 6.92 Å². The highest BCUT2D eigenvalue weighted by molar-refractivity contribution is 5.72. The Morgan fingerprint density at radius 1 is 1.50 bits per heavy atom. The molecule has 0 spiro atoms. The maximum absolute atomic E-state index is 10.6. The molecule has 0 saturated heterocycles. The van der Waals surface area contributed by atoms with E-state index in [1.165, 1.54) is 6.92 Å². The van der Waals surface area contributed by atoms with E-state index in [-0.39, 0.29) is 5.91 Å². The lowest BCUT2D eigenvalue weighted by molar-refractivity contribution is -0.118. The molecule has 5 N–H and O–H groups in total. The molecule has 7 nitrogen and oxygen atoms in total. The monoisotopic (exact) mass is 224 g/mol. The van der Waals surface area contributed by atoms with Gasteiger partial charge in [-0.25, -0.2) is 10.8 Å². The molecule has 0 aliphatic carbocycles. The molecule has 1 rings (SSSR count). The number of nitrogens with zero attached hydrogens (tertiary/aromatic N) is 2. The van der Waals surface area contributed by atoms with E-state index < -0.39 is 0 Å². The fraction of sp³-hybridized carbons (Fsp3) is 0.444. The Morgan fingerprint density at radius 2 is 2.25 bits per heavy atom. The van der Waals surface area contributed by atoms with Crippen LogP contribution in [0.15, 0.2) is 6.20 Å². The van der Waals surface area contributed by atoms with Crippen LogP contribution in [-0.2, 0) is 4.79 Å². The molecule has 88 valence electrons. The summed E-state index contributed by atoms with van der Waals surface area (Å²) < 4.78 is 0. The molecule has 0 saturated carbocycles. The van der Waals surface area contributed by atoms with E-state index in [1.807, 2.05) is 6.92 Å². The maximum Gasteiger partial charge on any atom is 0.239 e. The summed E-state index contributed by atoms with van der Waals surface area (Å²) in [6.07, 6.45) is 1.67. The number of rotatable bonds is 5. The first-order chi connectivity index (χ1) is 7.63. The van der Waals surface area contributed by atoms with Gasteiger partial charge in [0.05, 0.1) is 0 Å². The minimum absolute atomic E-state index is 0.0504. The molecule has 0 bridgehead atoms. The van der Waals surface area contributed by atoms with Gasteiger partial charge in [-0.1, -0.05) is 0 Å². The van der Waals surface area contributed by atoms with Crippen molar-refractivity contribution >= 4 is 17.7 Å². The lowest BCUT2D eigenvalue weighted by atomic mass is 10.3. The van der Waals surface area contributed by atoms with E-state index in [2.05, 4.69) is 26.0 Å². The summed E-state index contributed by atoms with van der Waals surface area (Å²) in [4.78, 5) is 18.7. The van der Waals surface area contributed by atoms with E-state index in [0.29, 0.717) is 24.9 Å². The normalized spacial score (nSPS) is 9.69. The third-order valence-electron chi connectivity index (χ3n) is 1.89. The fourth-order valence-electron chi connectivity index (χ4n) is 1.11. The van der Waals surface area contributed by atoms with Crippen LogP contribution >= 0.6 is 0 Å². The predicted octanol–water partition coefficient (Wildman–Crippen LogP) is -0.381. The summed E-state index contributed by atoms with van der Waals surface area (Å²) in [5, 5.41) is 5.76. The van der Waals surface area contributed by atoms with Crippen molar-refractivity contribution in [2.75, 3.05) is 23.8 Å². The number of aryl methyl sites for hydroxylation is 1. The summed E-state index contributed by atoms with van der Waals surface area (Å²) >= 11 is 0. The van der Waals surface area contributed by atoms with Crippen LogP contribution in [0.5, 0.6) is 0 Å². The topological polar surface area (TPSA) is 105 Å². The van der Waals surface area contributed by atoms with E-state index in [9.17, 15) is 4.79 Å². The minimum Gasteiger partial charge on any atom is -0.368 e. The van der Waals surface area contributed by atoms with Gasteiger partial charge in [-0.05, 0) is 6.92 Å². The van der Waals surface area contributed by atoms with Gasteiger partial charge < -0.3 is 10.6 Å². The van der Waals surface area contributed by atoms with Crippen molar-refractivity contribution in [2.45, 2.75) is 13.8 Å². The molecule has 1 aromatic heterocycles. The average molecular weight is 224 g/mol. The van der Waals surface area contributed by atoms with Crippen LogP contribution in [0.4, 0.5) is 11.8 Å². The molecule has 16 heavy (non-hydrogen) atoms. The van der Waals surface area contributed by atoms with Crippen molar-refractivity contribution in [3.8, 4) is 0 Å². The average Bonchev–Trinajstić information content (AvgIpc) is 2.26. The largest absolute Gasteiger partial charge is 0.368 e. The number of hydrazine groups is 1. The molecular weight excluding hydrogens is 208 g/mol. The van der Waals surface area contributed by atoms with Crippen molar-refractivity contribution in [1.82, 2.24) is 15.3 Å².